The van der Waals surface area contributed by atoms with Crippen molar-refractivity contribution < 1.29 is 9.53 Å². The molecule has 0 saturated carbocycles. The van der Waals surface area contributed by atoms with Gasteiger partial charge in [0.1, 0.15) is 11.8 Å². The maximum absolute atomic E-state index is 12.6. The topological polar surface area (TPSA) is 58.3 Å². The van der Waals surface area contributed by atoms with Crippen LogP contribution in [0.1, 0.15) is 48.4 Å². The van der Waals surface area contributed by atoms with Crippen molar-refractivity contribution in [2.24, 2.45) is 7.05 Å². The minimum atomic E-state index is -0.384. The molecule has 1 fully saturated rings. The number of carbonyl (C=O) groups excluding carboxylic acids is 1. The second kappa shape index (κ2) is 7.65. The molecule has 2 aromatic rings. The van der Waals surface area contributed by atoms with Gasteiger partial charge < -0.3 is 14.2 Å². The predicted molar refractivity (Wildman–Crippen MR) is 102 cm³/mol. The SMILES string of the molecule is CCOC(=O)c1c(-c2ccc(N3CCCC3)cc2)c(C#N)c(CC)n1C. The lowest BCUT2D eigenvalue weighted by molar-refractivity contribution is 0.0516. The third-order valence-electron chi connectivity index (χ3n) is 5.06. The van der Waals surface area contributed by atoms with E-state index in [4.69, 9.17) is 4.74 Å². The largest absolute Gasteiger partial charge is 0.461 e. The normalized spacial score (nSPS) is 13.7. The minimum absolute atomic E-state index is 0.306. The van der Waals surface area contributed by atoms with Crippen LogP contribution in [0.25, 0.3) is 11.1 Å². The number of aromatic nitrogens is 1. The highest BCUT2D eigenvalue weighted by atomic mass is 16.5. The van der Waals surface area contributed by atoms with Crippen LogP contribution in [-0.2, 0) is 18.2 Å². The van der Waals surface area contributed by atoms with Gasteiger partial charge in [-0.05, 0) is 43.9 Å². The molecule has 0 unspecified atom stereocenters. The zero-order chi connectivity index (χ0) is 18.7. The molecule has 1 aromatic carbocycles. The molecule has 1 aliphatic rings. The summed E-state index contributed by atoms with van der Waals surface area (Å²) >= 11 is 0. The van der Waals surface area contributed by atoms with Crippen LogP contribution in [0, 0.1) is 11.3 Å². The van der Waals surface area contributed by atoms with E-state index in [9.17, 15) is 10.1 Å². The van der Waals surface area contributed by atoms with Crippen LogP contribution < -0.4 is 4.90 Å². The zero-order valence-corrected chi connectivity index (χ0v) is 15.7. The highest BCUT2D eigenvalue weighted by Gasteiger charge is 2.27. The van der Waals surface area contributed by atoms with Crippen LogP contribution in [0.3, 0.4) is 0 Å². The van der Waals surface area contributed by atoms with Crippen LogP contribution in [0.2, 0.25) is 0 Å². The molecule has 1 aromatic heterocycles. The van der Waals surface area contributed by atoms with Gasteiger partial charge in [-0.1, -0.05) is 19.1 Å². The fourth-order valence-electron chi connectivity index (χ4n) is 3.80. The molecule has 0 radical (unpaired) electrons. The van der Waals surface area contributed by atoms with Gasteiger partial charge in [-0.3, -0.25) is 0 Å². The van der Waals surface area contributed by atoms with E-state index in [-0.39, 0.29) is 5.97 Å². The summed E-state index contributed by atoms with van der Waals surface area (Å²) in [6, 6.07) is 10.5. The first kappa shape index (κ1) is 18.1. The van der Waals surface area contributed by atoms with Gasteiger partial charge in [0.05, 0.1) is 12.2 Å². The molecule has 0 N–H and O–H groups in total. The van der Waals surface area contributed by atoms with Gasteiger partial charge in [0, 0.05) is 37.1 Å². The number of nitrogens with zero attached hydrogens (tertiary/aromatic N) is 3. The van der Waals surface area contributed by atoms with Gasteiger partial charge in [-0.15, -0.1) is 0 Å². The molecule has 0 amide bonds. The number of anilines is 1. The highest BCUT2D eigenvalue weighted by molar-refractivity contribution is 5.98. The molecular weight excluding hydrogens is 326 g/mol. The number of benzene rings is 1. The Morgan fingerprint density at radius 1 is 1.19 bits per heavy atom. The first-order valence-corrected chi connectivity index (χ1v) is 9.26. The van der Waals surface area contributed by atoms with Gasteiger partial charge >= 0.3 is 5.97 Å². The van der Waals surface area contributed by atoms with Gasteiger partial charge in [-0.25, -0.2) is 4.79 Å². The zero-order valence-electron chi connectivity index (χ0n) is 15.7. The van der Waals surface area contributed by atoms with Crippen LogP contribution in [0.5, 0.6) is 0 Å². The Balaban J connectivity index is 2.10. The second-order valence-corrected chi connectivity index (χ2v) is 6.53. The van der Waals surface area contributed by atoms with E-state index < -0.39 is 0 Å². The molecule has 2 heterocycles. The minimum Gasteiger partial charge on any atom is -0.461 e. The monoisotopic (exact) mass is 351 g/mol. The third-order valence-corrected chi connectivity index (χ3v) is 5.06. The fourth-order valence-corrected chi connectivity index (χ4v) is 3.80. The Labute approximate surface area is 154 Å². The Kier molecular flexibility index (Phi) is 5.32. The average Bonchev–Trinajstić information content (AvgIpc) is 3.27. The predicted octanol–water partition coefficient (Wildman–Crippen LogP) is 3.90. The van der Waals surface area contributed by atoms with Crippen molar-refractivity contribution in [2.45, 2.75) is 33.1 Å². The van der Waals surface area contributed by atoms with E-state index in [1.54, 1.807) is 11.5 Å². The van der Waals surface area contributed by atoms with Gasteiger partial charge in [0.2, 0.25) is 0 Å². The lowest BCUT2D eigenvalue weighted by atomic mass is 9.99. The number of hydrogen-bond donors (Lipinski definition) is 0. The van der Waals surface area contributed by atoms with Crippen molar-refractivity contribution in [2.75, 3.05) is 24.6 Å². The van der Waals surface area contributed by atoms with E-state index in [0.717, 1.165) is 24.3 Å². The first-order valence-electron chi connectivity index (χ1n) is 9.26. The Bertz CT molecular complexity index is 838. The maximum atomic E-state index is 12.6. The smallest absolute Gasteiger partial charge is 0.355 e. The van der Waals surface area contributed by atoms with Gasteiger partial charge in [-0.2, -0.15) is 5.26 Å². The second-order valence-electron chi connectivity index (χ2n) is 6.53. The summed E-state index contributed by atoms with van der Waals surface area (Å²) in [4.78, 5) is 14.9. The van der Waals surface area contributed by atoms with Gasteiger partial charge in [0.15, 0.2) is 0 Å². The number of hydrogen-bond acceptors (Lipinski definition) is 4. The maximum Gasteiger partial charge on any atom is 0.355 e. The summed E-state index contributed by atoms with van der Waals surface area (Å²) in [6.07, 6.45) is 3.13. The molecule has 5 heteroatoms. The number of ether oxygens (including phenoxy) is 1. The summed E-state index contributed by atoms with van der Waals surface area (Å²) in [7, 11) is 1.83. The summed E-state index contributed by atoms with van der Waals surface area (Å²) in [6.45, 7) is 6.26. The van der Waals surface area contributed by atoms with Crippen molar-refractivity contribution in [1.82, 2.24) is 4.57 Å². The molecule has 0 aliphatic carbocycles. The van der Waals surface area contributed by atoms with E-state index in [1.807, 2.05) is 26.1 Å². The molecule has 1 aliphatic heterocycles. The quantitative estimate of drug-likeness (QED) is 0.767. The van der Waals surface area contributed by atoms with Crippen LogP contribution in [0.15, 0.2) is 24.3 Å². The van der Waals surface area contributed by atoms with Crippen molar-refractivity contribution in [3.05, 3.63) is 41.2 Å². The number of nitriles is 1. The van der Waals surface area contributed by atoms with Crippen LogP contribution >= 0.6 is 0 Å². The van der Waals surface area contributed by atoms with Crippen LogP contribution in [-0.4, -0.2) is 30.2 Å². The number of rotatable bonds is 5. The summed E-state index contributed by atoms with van der Waals surface area (Å²) in [5.74, 6) is -0.384. The van der Waals surface area contributed by atoms with Crippen molar-refractivity contribution >= 4 is 11.7 Å². The van der Waals surface area contributed by atoms with Crippen molar-refractivity contribution in [3.8, 4) is 17.2 Å². The van der Waals surface area contributed by atoms with Crippen molar-refractivity contribution in [3.63, 3.8) is 0 Å². The van der Waals surface area contributed by atoms with Crippen molar-refractivity contribution in [1.29, 1.82) is 5.26 Å². The van der Waals surface area contributed by atoms with Crippen LogP contribution in [0.4, 0.5) is 5.69 Å². The number of carbonyl (C=O) groups is 1. The Morgan fingerprint density at radius 2 is 1.85 bits per heavy atom. The molecule has 0 bridgehead atoms. The van der Waals surface area contributed by atoms with E-state index in [1.165, 1.54) is 18.5 Å². The van der Waals surface area contributed by atoms with E-state index >= 15 is 0 Å². The molecule has 3 rings (SSSR count). The summed E-state index contributed by atoms with van der Waals surface area (Å²) in [5, 5.41) is 9.74. The lowest BCUT2D eigenvalue weighted by Crippen LogP contribution is -2.17. The summed E-state index contributed by atoms with van der Waals surface area (Å²) < 4.78 is 7.06. The van der Waals surface area contributed by atoms with E-state index in [0.29, 0.717) is 29.8 Å². The van der Waals surface area contributed by atoms with E-state index in [2.05, 4.69) is 23.1 Å². The summed E-state index contributed by atoms with van der Waals surface area (Å²) in [5.41, 5.74) is 4.62. The molecule has 5 nitrogen and oxygen atoms in total. The molecule has 0 atom stereocenters. The highest BCUT2D eigenvalue weighted by Crippen LogP contribution is 2.34. The van der Waals surface area contributed by atoms with Gasteiger partial charge in [0.25, 0.3) is 0 Å². The Hall–Kier alpha value is -2.74. The fraction of sp³-hybridized carbons (Fsp3) is 0.429. The molecule has 0 spiro atoms. The molecule has 26 heavy (non-hydrogen) atoms. The molecular formula is C21H25N3O2. The Morgan fingerprint density at radius 3 is 2.38 bits per heavy atom. The number of esters is 1. The lowest BCUT2D eigenvalue weighted by Gasteiger charge is -2.17. The average molecular weight is 351 g/mol. The molecule has 136 valence electrons. The third kappa shape index (κ3) is 3.08. The first-order chi connectivity index (χ1) is 12.6. The molecule has 1 saturated heterocycles. The standard InChI is InChI=1S/C21H25N3O2/c1-4-18-17(14-22)19(20(23(18)3)21(25)26-5-2)15-8-10-16(11-9-15)24-12-6-7-13-24/h8-11H,4-7,12-13H2,1-3H3.